The van der Waals surface area contributed by atoms with Gasteiger partial charge < -0.3 is 10.2 Å². The molecule has 2 N–H and O–H groups in total. The fourth-order valence-electron chi connectivity index (χ4n) is 7.89. The van der Waals surface area contributed by atoms with Crippen LogP contribution in [-0.2, 0) is 28.3 Å². The third kappa shape index (κ3) is 8.00. The normalized spacial score (nSPS) is 22.8. The maximum Gasteiger partial charge on any atom is 0.423 e. The van der Waals surface area contributed by atoms with Crippen LogP contribution in [0.2, 0.25) is 0 Å². The van der Waals surface area contributed by atoms with Crippen molar-refractivity contribution in [3.8, 4) is 0 Å². The molecular formula is C37H45F3N8O4S2. The molecule has 5 heterocycles. The number of rotatable bonds is 9. The van der Waals surface area contributed by atoms with E-state index < -0.39 is 37.6 Å². The van der Waals surface area contributed by atoms with Gasteiger partial charge in [0.1, 0.15) is 4.91 Å². The van der Waals surface area contributed by atoms with Crippen molar-refractivity contribution in [2.45, 2.75) is 68.5 Å². The maximum absolute atomic E-state index is 13.6. The number of hydrogen-bond donors (Lipinski definition) is 2. The number of likely N-dealkylation sites (tertiary alicyclic amines) is 1. The minimum atomic E-state index is -4.47. The lowest BCUT2D eigenvalue weighted by molar-refractivity contribution is -0.120. The summed E-state index contributed by atoms with van der Waals surface area (Å²) in [6, 6.07) is 12.7. The van der Waals surface area contributed by atoms with Gasteiger partial charge in [-0.15, -0.1) is 0 Å². The number of allylic oxidation sites excluding steroid dienone is 1. The number of carbonyl (C=O) groups is 2. The van der Waals surface area contributed by atoms with Crippen molar-refractivity contribution >= 4 is 60.2 Å². The predicted octanol–water partition coefficient (Wildman–Crippen LogP) is 5.29. The van der Waals surface area contributed by atoms with Gasteiger partial charge in [0.25, 0.3) is 0 Å². The number of carbonyl (C=O) groups excluding carboxylic acids is 2. The topological polar surface area (TPSA) is 132 Å². The summed E-state index contributed by atoms with van der Waals surface area (Å²) in [5.74, 6) is 4.62. The Morgan fingerprint density at radius 2 is 1.78 bits per heavy atom. The number of hydrogen-bond acceptors (Lipinski definition) is 7. The summed E-state index contributed by atoms with van der Waals surface area (Å²) < 4.78 is 70.1. The van der Waals surface area contributed by atoms with Crippen LogP contribution in [0.1, 0.15) is 56.1 Å². The minimum absolute atomic E-state index is 0.194. The highest BCUT2D eigenvalue weighted by Crippen LogP contribution is 2.41. The highest BCUT2D eigenvalue weighted by Gasteiger charge is 2.40. The monoisotopic (exact) mass is 786 g/mol. The van der Waals surface area contributed by atoms with Gasteiger partial charge in [-0.25, -0.2) is 13.2 Å². The number of aliphatic imine (C=N–C) groups is 1. The van der Waals surface area contributed by atoms with Crippen LogP contribution in [-0.4, -0.2) is 102 Å². The smallest absolute Gasteiger partial charge is 0.341 e. The second-order valence-electron chi connectivity index (χ2n) is 14.6. The Kier molecular flexibility index (Phi) is 10.8. The van der Waals surface area contributed by atoms with Gasteiger partial charge in [0.2, 0.25) is 15.9 Å². The van der Waals surface area contributed by atoms with Crippen LogP contribution in [0.3, 0.4) is 0 Å². The molecule has 7 rings (SSSR count). The first-order chi connectivity index (χ1) is 25.7. The number of nitrogens with one attached hydrogen (secondary N) is 2. The first kappa shape index (κ1) is 38.2. The Bertz CT molecular complexity index is 2140. The molecule has 0 aliphatic carbocycles. The van der Waals surface area contributed by atoms with Gasteiger partial charge in [0, 0.05) is 51.2 Å². The lowest BCUT2D eigenvalue weighted by Crippen LogP contribution is -2.49. The van der Waals surface area contributed by atoms with E-state index in [0.29, 0.717) is 37.0 Å². The van der Waals surface area contributed by atoms with Crippen LogP contribution >= 0.6 is 10.5 Å². The molecule has 4 aliphatic heterocycles. The van der Waals surface area contributed by atoms with Gasteiger partial charge in [-0.05, 0) is 92.4 Å². The van der Waals surface area contributed by atoms with Crippen molar-refractivity contribution < 1.29 is 31.2 Å². The predicted molar refractivity (Wildman–Crippen MR) is 205 cm³/mol. The second-order valence-corrected chi connectivity index (χ2v) is 18.2. The standard InChI is InChI=1S/C37H45F3N8O4S2/c1-24(23-46-14-9-26(10-15-46)27-7-8-30-31(21-27)45(2)44-34(30)48-18-13-33(49)43-36(48)50)19-25-5-4-6-29(20-25)54(51,52)47-16-11-28(12-17-47)42-35-41-22-32(53(35)3)37(38,39)40/h4-8,20-22,24,26,28H,3,9-19,23H2,1-2H3,(H,41,42)(H,43,49,50). The number of imide groups is 1. The maximum atomic E-state index is 13.6. The summed E-state index contributed by atoms with van der Waals surface area (Å²) in [7, 11) is -3.31. The molecule has 0 saturated carbocycles. The SMILES string of the molecule is C=S1C(C(F)(F)F)=CNC1=NC1CCN(S(=O)(=O)c2cccc(CC(C)CN3CCC(c4ccc5c(N6CCC(=O)NC6=O)nn(C)c5c4)CC3)c2)CC1. The van der Waals surface area contributed by atoms with Crippen LogP contribution < -0.4 is 15.5 Å². The number of nitrogens with zero attached hydrogens (tertiary/aromatic N) is 6. The number of fused-ring (bicyclic) bond motifs is 1. The van der Waals surface area contributed by atoms with Crippen molar-refractivity contribution in [1.82, 2.24) is 29.6 Å². The largest absolute Gasteiger partial charge is 0.423 e. The van der Waals surface area contributed by atoms with E-state index in [2.05, 4.69) is 50.6 Å². The molecule has 3 aromatic rings. The lowest BCUT2D eigenvalue weighted by Gasteiger charge is -2.34. The molecule has 12 nitrogen and oxygen atoms in total. The molecule has 3 fully saturated rings. The van der Waals surface area contributed by atoms with Gasteiger partial charge in [0.15, 0.2) is 11.0 Å². The lowest BCUT2D eigenvalue weighted by atomic mass is 9.88. The molecule has 17 heteroatoms. The van der Waals surface area contributed by atoms with E-state index in [-0.39, 0.29) is 41.5 Å². The number of sulfonamides is 1. The first-order valence-electron chi connectivity index (χ1n) is 18.2. The number of aryl methyl sites for hydroxylation is 1. The Morgan fingerprint density at radius 3 is 2.46 bits per heavy atom. The molecule has 1 aromatic heterocycles. The third-order valence-electron chi connectivity index (χ3n) is 10.7. The molecule has 3 amide bonds. The summed E-state index contributed by atoms with van der Waals surface area (Å²) in [6.07, 6.45) is 0.271. The number of alkyl halides is 3. The first-order valence-corrected chi connectivity index (χ1v) is 21.1. The number of urea groups is 1. The zero-order valence-electron chi connectivity index (χ0n) is 30.3. The molecular weight excluding hydrogens is 742 g/mol. The number of anilines is 1. The zero-order chi connectivity index (χ0) is 38.4. The summed E-state index contributed by atoms with van der Waals surface area (Å²) >= 11 is 0. The molecule has 2 unspecified atom stereocenters. The van der Waals surface area contributed by atoms with E-state index in [1.807, 2.05) is 19.2 Å². The summed E-state index contributed by atoms with van der Waals surface area (Å²) in [4.78, 5) is 32.1. The van der Waals surface area contributed by atoms with Crippen molar-refractivity contribution in [2.75, 3.05) is 44.2 Å². The molecule has 0 bridgehead atoms. The van der Waals surface area contributed by atoms with Gasteiger partial charge >= 0.3 is 12.2 Å². The Labute approximate surface area is 315 Å². The number of benzene rings is 2. The van der Waals surface area contributed by atoms with Crippen molar-refractivity contribution in [3.05, 3.63) is 64.7 Å². The number of piperidine rings is 2. The number of amides is 3. The third-order valence-corrected chi connectivity index (χ3v) is 14.2. The Morgan fingerprint density at radius 1 is 1.04 bits per heavy atom. The van der Waals surface area contributed by atoms with Crippen LogP contribution in [0.5, 0.6) is 0 Å². The fraction of sp³-hybridized carbons (Fsp3) is 0.486. The van der Waals surface area contributed by atoms with Crippen LogP contribution in [0.25, 0.3) is 10.9 Å². The summed E-state index contributed by atoms with van der Waals surface area (Å²) in [5.41, 5.74) is 3.15. The van der Waals surface area contributed by atoms with E-state index in [0.717, 1.165) is 61.6 Å². The Balaban J connectivity index is 0.902. The second kappa shape index (κ2) is 15.2. The average molecular weight is 787 g/mol. The van der Waals surface area contributed by atoms with Gasteiger partial charge in [-0.2, -0.15) is 22.6 Å². The van der Waals surface area contributed by atoms with Gasteiger partial charge in [-0.3, -0.25) is 24.7 Å². The van der Waals surface area contributed by atoms with E-state index in [1.54, 1.807) is 22.9 Å². The fourth-order valence-corrected chi connectivity index (χ4v) is 10.6. The van der Waals surface area contributed by atoms with E-state index in [1.165, 1.54) is 14.8 Å². The highest BCUT2D eigenvalue weighted by atomic mass is 32.2. The van der Waals surface area contributed by atoms with Crippen molar-refractivity contribution in [1.29, 1.82) is 0 Å². The van der Waals surface area contributed by atoms with E-state index in [4.69, 9.17) is 0 Å². The van der Waals surface area contributed by atoms with E-state index in [9.17, 15) is 31.2 Å². The molecule has 3 saturated heterocycles. The average Bonchev–Trinajstić information content (AvgIpc) is 3.67. The van der Waals surface area contributed by atoms with Gasteiger partial charge in [0.05, 0.1) is 16.5 Å². The molecule has 4 aliphatic rings. The molecule has 54 heavy (non-hydrogen) atoms. The molecule has 2 atom stereocenters. The van der Waals surface area contributed by atoms with Crippen molar-refractivity contribution in [3.63, 3.8) is 0 Å². The van der Waals surface area contributed by atoms with Crippen LogP contribution in [0.4, 0.5) is 23.8 Å². The number of amidine groups is 1. The van der Waals surface area contributed by atoms with Crippen LogP contribution in [0.15, 0.2) is 63.5 Å². The summed E-state index contributed by atoms with van der Waals surface area (Å²) in [5, 5.41) is 10.7. The molecule has 0 spiro atoms. The molecule has 290 valence electrons. The minimum Gasteiger partial charge on any atom is -0.341 e. The molecule has 0 radical (unpaired) electrons. The number of aromatic nitrogens is 2. The van der Waals surface area contributed by atoms with Gasteiger partial charge in [-0.1, -0.05) is 41.5 Å². The molecule has 2 aromatic carbocycles. The zero-order valence-corrected chi connectivity index (χ0v) is 31.9. The van der Waals surface area contributed by atoms with Crippen LogP contribution in [0, 0.1) is 5.92 Å². The van der Waals surface area contributed by atoms with Crippen molar-refractivity contribution in [2.24, 2.45) is 18.0 Å². The summed E-state index contributed by atoms with van der Waals surface area (Å²) in [6.45, 7) is 5.77. The quantitative estimate of drug-likeness (QED) is 0.282. The van der Waals surface area contributed by atoms with E-state index >= 15 is 0 Å². The highest BCUT2D eigenvalue weighted by molar-refractivity contribution is 8.30. The Hall–Kier alpha value is -4.06. The number of halogens is 3.